The molecule has 1 fully saturated rings. The first kappa shape index (κ1) is 8.22. The predicted molar refractivity (Wildman–Crippen MR) is 44.5 cm³/mol. The molecule has 1 heterocycles. The Morgan fingerprint density at radius 1 is 1.69 bits per heavy atom. The number of carbonyl (C=O) groups is 1. The maximum absolute atomic E-state index is 10.6. The van der Waals surface area contributed by atoms with Gasteiger partial charge in [0.1, 0.15) is 5.82 Å². The SMILES string of the molecule is CC1CC1c1nc(C(=O)O)nn1C. The third-order valence-electron chi connectivity index (χ3n) is 2.43. The zero-order valence-electron chi connectivity index (χ0n) is 7.56. The summed E-state index contributed by atoms with van der Waals surface area (Å²) in [5.74, 6) is 0.659. The van der Waals surface area contributed by atoms with E-state index in [1.807, 2.05) is 0 Å². The molecule has 1 saturated carbocycles. The molecular weight excluding hydrogens is 170 g/mol. The van der Waals surface area contributed by atoms with E-state index < -0.39 is 5.97 Å². The van der Waals surface area contributed by atoms with Crippen LogP contribution in [0.1, 0.15) is 35.7 Å². The normalized spacial score (nSPS) is 26.0. The van der Waals surface area contributed by atoms with Gasteiger partial charge in [-0.05, 0) is 12.3 Å². The number of aromatic nitrogens is 3. The average Bonchev–Trinajstić information content (AvgIpc) is 2.60. The van der Waals surface area contributed by atoms with Gasteiger partial charge in [-0.15, -0.1) is 5.10 Å². The van der Waals surface area contributed by atoms with Gasteiger partial charge < -0.3 is 5.11 Å². The van der Waals surface area contributed by atoms with Gasteiger partial charge in [0.15, 0.2) is 0 Å². The molecule has 0 amide bonds. The molecule has 0 spiro atoms. The largest absolute Gasteiger partial charge is 0.475 e. The Bertz CT molecular complexity index is 358. The molecule has 5 nitrogen and oxygen atoms in total. The van der Waals surface area contributed by atoms with Gasteiger partial charge in [-0.1, -0.05) is 6.92 Å². The van der Waals surface area contributed by atoms with Crippen LogP contribution in [-0.2, 0) is 7.05 Å². The average molecular weight is 181 g/mol. The van der Waals surface area contributed by atoms with Crippen LogP contribution in [0, 0.1) is 5.92 Å². The van der Waals surface area contributed by atoms with E-state index in [1.54, 1.807) is 11.7 Å². The Morgan fingerprint density at radius 2 is 2.31 bits per heavy atom. The van der Waals surface area contributed by atoms with E-state index in [0.717, 1.165) is 12.2 Å². The Hall–Kier alpha value is -1.39. The van der Waals surface area contributed by atoms with Gasteiger partial charge in [0.2, 0.25) is 0 Å². The molecule has 2 atom stereocenters. The van der Waals surface area contributed by atoms with E-state index in [2.05, 4.69) is 17.0 Å². The van der Waals surface area contributed by atoms with Crippen LogP contribution < -0.4 is 0 Å². The van der Waals surface area contributed by atoms with Gasteiger partial charge in [-0.3, -0.25) is 4.68 Å². The standard InChI is InChI=1S/C8H11N3O2/c1-4-3-5(4)7-9-6(8(12)13)10-11(7)2/h4-5H,3H2,1-2H3,(H,12,13). The second-order valence-electron chi connectivity index (χ2n) is 3.54. The van der Waals surface area contributed by atoms with Crippen molar-refractivity contribution in [1.82, 2.24) is 14.8 Å². The summed E-state index contributed by atoms with van der Waals surface area (Å²) in [4.78, 5) is 14.5. The summed E-state index contributed by atoms with van der Waals surface area (Å²) in [5.41, 5.74) is 0. The van der Waals surface area contributed by atoms with Crippen molar-refractivity contribution in [2.24, 2.45) is 13.0 Å². The Morgan fingerprint density at radius 3 is 2.69 bits per heavy atom. The van der Waals surface area contributed by atoms with E-state index in [4.69, 9.17) is 5.11 Å². The van der Waals surface area contributed by atoms with Crippen LogP contribution in [0.3, 0.4) is 0 Å². The van der Waals surface area contributed by atoms with Gasteiger partial charge in [-0.2, -0.15) is 0 Å². The molecule has 0 bridgehead atoms. The number of carboxylic acids is 1. The highest BCUT2D eigenvalue weighted by atomic mass is 16.4. The van der Waals surface area contributed by atoms with Gasteiger partial charge >= 0.3 is 5.97 Å². The molecule has 1 aromatic rings. The number of hydrogen-bond donors (Lipinski definition) is 1. The number of aryl methyl sites for hydroxylation is 1. The van der Waals surface area contributed by atoms with E-state index in [1.165, 1.54) is 0 Å². The lowest BCUT2D eigenvalue weighted by molar-refractivity contribution is 0.0683. The van der Waals surface area contributed by atoms with E-state index >= 15 is 0 Å². The van der Waals surface area contributed by atoms with Crippen LogP contribution >= 0.6 is 0 Å². The van der Waals surface area contributed by atoms with Crippen LogP contribution in [-0.4, -0.2) is 25.8 Å². The first-order valence-electron chi connectivity index (χ1n) is 4.24. The number of aromatic carboxylic acids is 1. The summed E-state index contributed by atoms with van der Waals surface area (Å²) in [6.07, 6.45) is 1.09. The van der Waals surface area contributed by atoms with Crippen molar-refractivity contribution < 1.29 is 9.90 Å². The minimum Gasteiger partial charge on any atom is -0.475 e. The summed E-state index contributed by atoms with van der Waals surface area (Å²) < 4.78 is 1.57. The molecule has 2 rings (SSSR count). The predicted octanol–water partition coefficient (Wildman–Crippen LogP) is 0.637. The quantitative estimate of drug-likeness (QED) is 0.726. The fourth-order valence-corrected chi connectivity index (χ4v) is 1.49. The van der Waals surface area contributed by atoms with Gasteiger partial charge in [-0.25, -0.2) is 9.78 Å². The summed E-state index contributed by atoms with van der Waals surface area (Å²) in [5, 5.41) is 12.5. The molecule has 0 aliphatic heterocycles. The van der Waals surface area contributed by atoms with Crippen molar-refractivity contribution in [3.05, 3.63) is 11.6 Å². The Labute approximate surface area is 75.4 Å². The molecule has 1 N–H and O–H groups in total. The fraction of sp³-hybridized carbons (Fsp3) is 0.625. The number of carboxylic acid groups (broad SMARTS) is 1. The number of rotatable bonds is 2. The number of nitrogens with zero attached hydrogens (tertiary/aromatic N) is 3. The maximum atomic E-state index is 10.6. The van der Waals surface area contributed by atoms with Crippen LogP contribution in [0.2, 0.25) is 0 Å². The summed E-state index contributed by atoms with van der Waals surface area (Å²) >= 11 is 0. The van der Waals surface area contributed by atoms with Crippen LogP contribution in [0.4, 0.5) is 0 Å². The Balaban J connectivity index is 2.31. The summed E-state index contributed by atoms with van der Waals surface area (Å²) in [7, 11) is 1.74. The van der Waals surface area contributed by atoms with E-state index in [9.17, 15) is 4.79 Å². The molecule has 1 aromatic heterocycles. The molecule has 5 heteroatoms. The minimum absolute atomic E-state index is 0.100. The monoisotopic (exact) mass is 181 g/mol. The molecule has 1 aliphatic carbocycles. The molecule has 70 valence electrons. The third kappa shape index (κ3) is 1.30. The third-order valence-corrected chi connectivity index (χ3v) is 2.43. The fourth-order valence-electron chi connectivity index (χ4n) is 1.49. The zero-order valence-corrected chi connectivity index (χ0v) is 7.56. The lowest BCUT2D eigenvalue weighted by Crippen LogP contribution is -2.00. The molecule has 2 unspecified atom stereocenters. The minimum atomic E-state index is -1.06. The zero-order chi connectivity index (χ0) is 9.59. The molecule has 0 aromatic carbocycles. The topological polar surface area (TPSA) is 68.0 Å². The van der Waals surface area contributed by atoms with Crippen LogP contribution in [0.15, 0.2) is 0 Å². The lowest BCUT2D eigenvalue weighted by atomic mass is 10.3. The van der Waals surface area contributed by atoms with Crippen LogP contribution in [0.5, 0.6) is 0 Å². The molecule has 0 radical (unpaired) electrons. The van der Waals surface area contributed by atoms with Gasteiger partial charge in [0.25, 0.3) is 5.82 Å². The van der Waals surface area contributed by atoms with Gasteiger partial charge in [0.05, 0.1) is 0 Å². The van der Waals surface area contributed by atoms with E-state index in [-0.39, 0.29) is 5.82 Å². The van der Waals surface area contributed by atoms with E-state index in [0.29, 0.717) is 11.8 Å². The van der Waals surface area contributed by atoms with Crippen molar-refractivity contribution in [3.63, 3.8) is 0 Å². The highest BCUT2D eigenvalue weighted by Gasteiger charge is 2.38. The summed E-state index contributed by atoms with van der Waals surface area (Å²) in [6.45, 7) is 2.12. The van der Waals surface area contributed by atoms with Crippen molar-refractivity contribution in [2.75, 3.05) is 0 Å². The Kier molecular flexibility index (Phi) is 1.61. The maximum Gasteiger partial charge on any atom is 0.375 e. The first-order valence-corrected chi connectivity index (χ1v) is 4.24. The second-order valence-corrected chi connectivity index (χ2v) is 3.54. The number of hydrogen-bond acceptors (Lipinski definition) is 3. The van der Waals surface area contributed by atoms with Crippen molar-refractivity contribution in [1.29, 1.82) is 0 Å². The van der Waals surface area contributed by atoms with Crippen molar-refractivity contribution in [3.8, 4) is 0 Å². The summed E-state index contributed by atoms with van der Waals surface area (Å²) in [6, 6.07) is 0. The van der Waals surface area contributed by atoms with Crippen molar-refractivity contribution in [2.45, 2.75) is 19.3 Å². The second kappa shape index (κ2) is 2.55. The lowest BCUT2D eigenvalue weighted by Gasteiger charge is -1.94. The molecule has 0 saturated heterocycles. The highest BCUT2D eigenvalue weighted by Crippen LogP contribution is 2.45. The molecular formula is C8H11N3O2. The molecule has 13 heavy (non-hydrogen) atoms. The molecule has 1 aliphatic rings. The van der Waals surface area contributed by atoms with Crippen LogP contribution in [0.25, 0.3) is 0 Å². The smallest absolute Gasteiger partial charge is 0.375 e. The van der Waals surface area contributed by atoms with Crippen molar-refractivity contribution >= 4 is 5.97 Å². The highest BCUT2D eigenvalue weighted by molar-refractivity contribution is 5.82. The first-order chi connectivity index (χ1) is 6.09. The van der Waals surface area contributed by atoms with Gasteiger partial charge in [0, 0.05) is 13.0 Å².